The van der Waals surface area contributed by atoms with Crippen LogP contribution < -0.4 is 0 Å². The fraction of sp³-hybridized carbons (Fsp3) is 0.929. The Morgan fingerprint density at radius 1 is 0.824 bits per heavy atom. The van der Waals surface area contributed by atoms with Gasteiger partial charge < -0.3 is 10.2 Å². The van der Waals surface area contributed by atoms with Crippen molar-refractivity contribution in [1.29, 1.82) is 0 Å². The van der Waals surface area contributed by atoms with E-state index in [1.807, 2.05) is 0 Å². The van der Waals surface area contributed by atoms with Crippen molar-refractivity contribution in [3.8, 4) is 0 Å². The summed E-state index contributed by atoms with van der Waals surface area (Å²) in [6.45, 7) is 0. The summed E-state index contributed by atoms with van der Waals surface area (Å²) in [5.41, 5.74) is -0.953. The van der Waals surface area contributed by atoms with Gasteiger partial charge in [0.1, 0.15) is 0 Å². The van der Waals surface area contributed by atoms with Crippen molar-refractivity contribution in [2.75, 3.05) is 0 Å². The van der Waals surface area contributed by atoms with Crippen LogP contribution in [0, 0.1) is 0 Å². The van der Waals surface area contributed by atoms with Crippen molar-refractivity contribution in [3.05, 3.63) is 0 Å². The molecule has 2 N–H and O–H groups in total. The molecule has 0 aromatic carbocycles. The summed E-state index contributed by atoms with van der Waals surface area (Å²) in [4.78, 5) is 10.8. The van der Waals surface area contributed by atoms with E-state index in [0.717, 1.165) is 25.7 Å². The van der Waals surface area contributed by atoms with E-state index < -0.39 is 11.6 Å². The lowest BCUT2D eigenvalue weighted by Gasteiger charge is -2.27. The monoisotopic (exact) mass is 242 g/mol. The summed E-state index contributed by atoms with van der Waals surface area (Å²) >= 11 is 0. The van der Waals surface area contributed by atoms with Gasteiger partial charge in [-0.15, -0.1) is 0 Å². The molecule has 0 bridgehead atoms. The largest absolute Gasteiger partial charge is 0.481 e. The highest BCUT2D eigenvalue weighted by Crippen LogP contribution is 2.27. The number of carbonyl (C=O) groups is 1. The van der Waals surface area contributed by atoms with Crippen LogP contribution in [0.15, 0.2) is 0 Å². The van der Waals surface area contributed by atoms with Gasteiger partial charge in [0.05, 0.1) is 12.0 Å². The predicted octanol–water partition coefficient (Wildman–Crippen LogP) is 3.50. The fourth-order valence-corrected chi connectivity index (χ4v) is 2.73. The highest BCUT2D eigenvalue weighted by Gasteiger charge is 2.28. The van der Waals surface area contributed by atoms with Gasteiger partial charge in [0, 0.05) is 0 Å². The lowest BCUT2D eigenvalue weighted by molar-refractivity contribution is -0.143. The fourth-order valence-electron chi connectivity index (χ4n) is 2.73. The first-order chi connectivity index (χ1) is 8.12. The normalized spacial score (nSPS) is 23.4. The average molecular weight is 242 g/mol. The van der Waals surface area contributed by atoms with Crippen LogP contribution in [0.25, 0.3) is 0 Å². The minimum Gasteiger partial charge on any atom is -0.481 e. The van der Waals surface area contributed by atoms with Gasteiger partial charge in [-0.05, 0) is 12.8 Å². The zero-order chi connectivity index (χ0) is 12.6. The Kier molecular flexibility index (Phi) is 6.56. The predicted molar refractivity (Wildman–Crippen MR) is 68.0 cm³/mol. The number of aliphatic carboxylic acids is 1. The highest BCUT2D eigenvalue weighted by molar-refractivity contribution is 5.68. The van der Waals surface area contributed by atoms with Crippen LogP contribution in [0.1, 0.15) is 77.0 Å². The van der Waals surface area contributed by atoms with Gasteiger partial charge in [-0.3, -0.25) is 4.79 Å². The molecule has 3 nitrogen and oxygen atoms in total. The summed E-state index contributed by atoms with van der Waals surface area (Å²) in [6.07, 6.45) is 11.8. The molecule has 0 atom stereocenters. The Morgan fingerprint density at radius 2 is 1.18 bits per heavy atom. The highest BCUT2D eigenvalue weighted by atomic mass is 16.4. The zero-order valence-electron chi connectivity index (χ0n) is 10.8. The Balaban J connectivity index is 2.44. The molecule has 0 heterocycles. The molecular weight excluding hydrogens is 216 g/mol. The molecule has 0 spiro atoms. The molecule has 0 amide bonds. The summed E-state index contributed by atoms with van der Waals surface area (Å²) in [7, 11) is 0. The maximum absolute atomic E-state index is 10.8. The number of carboxylic acid groups (broad SMARTS) is 1. The molecule has 17 heavy (non-hydrogen) atoms. The van der Waals surface area contributed by atoms with Crippen LogP contribution >= 0.6 is 0 Å². The number of carboxylic acids is 1. The van der Waals surface area contributed by atoms with Crippen LogP contribution in [0.3, 0.4) is 0 Å². The Bertz CT molecular complexity index is 214. The lowest BCUT2D eigenvalue weighted by Crippen LogP contribution is -2.31. The van der Waals surface area contributed by atoms with E-state index in [4.69, 9.17) is 5.11 Å². The molecule has 3 heteroatoms. The average Bonchev–Trinajstić information content (AvgIpc) is 2.22. The van der Waals surface area contributed by atoms with E-state index >= 15 is 0 Å². The Hall–Kier alpha value is -0.570. The van der Waals surface area contributed by atoms with Crippen molar-refractivity contribution in [3.63, 3.8) is 0 Å². The molecule has 1 fully saturated rings. The van der Waals surface area contributed by atoms with Crippen LogP contribution in [0.5, 0.6) is 0 Å². The first kappa shape index (κ1) is 14.5. The number of hydrogen-bond donors (Lipinski definition) is 2. The van der Waals surface area contributed by atoms with Crippen LogP contribution in [0.4, 0.5) is 0 Å². The van der Waals surface area contributed by atoms with Crippen molar-refractivity contribution >= 4 is 5.97 Å². The molecule has 0 radical (unpaired) electrons. The van der Waals surface area contributed by atoms with Gasteiger partial charge in [0.25, 0.3) is 0 Å². The maximum Gasteiger partial charge on any atom is 0.306 e. The number of hydrogen-bond acceptors (Lipinski definition) is 2. The third-order valence-electron chi connectivity index (χ3n) is 3.76. The second-order valence-corrected chi connectivity index (χ2v) is 5.48. The van der Waals surface area contributed by atoms with E-state index in [-0.39, 0.29) is 6.42 Å². The molecule has 0 aromatic heterocycles. The third-order valence-corrected chi connectivity index (χ3v) is 3.76. The molecule has 1 rings (SSSR count). The smallest absolute Gasteiger partial charge is 0.306 e. The van der Waals surface area contributed by atoms with Crippen molar-refractivity contribution in [1.82, 2.24) is 0 Å². The van der Waals surface area contributed by atoms with Crippen molar-refractivity contribution in [2.45, 2.75) is 82.7 Å². The van der Waals surface area contributed by atoms with E-state index in [0.29, 0.717) is 12.8 Å². The van der Waals surface area contributed by atoms with E-state index in [1.54, 1.807) is 0 Å². The molecule has 0 aliphatic heterocycles. The van der Waals surface area contributed by atoms with Gasteiger partial charge in [0.15, 0.2) is 0 Å². The first-order valence-electron chi connectivity index (χ1n) is 7.07. The topological polar surface area (TPSA) is 57.5 Å². The van der Waals surface area contributed by atoms with Gasteiger partial charge in [-0.25, -0.2) is 0 Å². The molecular formula is C14H26O3. The van der Waals surface area contributed by atoms with Gasteiger partial charge >= 0.3 is 5.97 Å². The van der Waals surface area contributed by atoms with E-state index in [2.05, 4.69) is 0 Å². The second-order valence-electron chi connectivity index (χ2n) is 5.48. The zero-order valence-corrected chi connectivity index (χ0v) is 10.8. The van der Waals surface area contributed by atoms with E-state index in [1.165, 1.54) is 32.1 Å². The molecule has 100 valence electrons. The van der Waals surface area contributed by atoms with Gasteiger partial charge in [-0.2, -0.15) is 0 Å². The third kappa shape index (κ3) is 6.67. The molecule has 0 unspecified atom stereocenters. The van der Waals surface area contributed by atoms with E-state index in [9.17, 15) is 9.90 Å². The maximum atomic E-state index is 10.8. The summed E-state index contributed by atoms with van der Waals surface area (Å²) < 4.78 is 0. The Labute approximate surface area is 104 Å². The summed E-state index contributed by atoms with van der Waals surface area (Å²) in [5, 5.41) is 19.2. The standard InChI is InChI=1S/C14H26O3/c15-13(16)12-14(17)10-8-6-4-2-1-3-5-7-9-11-14/h17H,1-12H2,(H,15,16). The molecule has 1 aliphatic rings. The van der Waals surface area contributed by atoms with Gasteiger partial charge in [0.2, 0.25) is 0 Å². The van der Waals surface area contributed by atoms with Crippen LogP contribution in [-0.2, 0) is 4.79 Å². The summed E-state index contributed by atoms with van der Waals surface area (Å²) in [5.74, 6) is -0.875. The molecule has 0 saturated heterocycles. The van der Waals surface area contributed by atoms with Crippen molar-refractivity contribution in [2.24, 2.45) is 0 Å². The SMILES string of the molecule is O=C(O)CC1(O)CCCCCCCCCCC1. The number of rotatable bonds is 2. The van der Waals surface area contributed by atoms with Crippen LogP contribution in [-0.4, -0.2) is 21.8 Å². The minimum absolute atomic E-state index is 0.0903. The van der Waals surface area contributed by atoms with Crippen molar-refractivity contribution < 1.29 is 15.0 Å². The first-order valence-corrected chi connectivity index (χ1v) is 7.07. The minimum atomic E-state index is -0.953. The number of aliphatic hydroxyl groups is 1. The lowest BCUT2D eigenvalue weighted by atomic mass is 9.86. The molecule has 1 saturated carbocycles. The molecule has 0 aromatic rings. The van der Waals surface area contributed by atoms with Gasteiger partial charge in [-0.1, -0.05) is 57.8 Å². The van der Waals surface area contributed by atoms with Crippen LogP contribution in [0.2, 0.25) is 0 Å². The second kappa shape index (κ2) is 7.70. The quantitative estimate of drug-likeness (QED) is 0.779. The summed E-state index contributed by atoms with van der Waals surface area (Å²) in [6, 6.07) is 0. The molecule has 1 aliphatic carbocycles. The Morgan fingerprint density at radius 3 is 1.53 bits per heavy atom.